The summed E-state index contributed by atoms with van der Waals surface area (Å²) in [6.45, 7) is 12.6. The molecule has 8 nitrogen and oxygen atoms in total. The van der Waals surface area contributed by atoms with E-state index >= 15 is 0 Å². The van der Waals surface area contributed by atoms with Crippen molar-refractivity contribution in [2.45, 2.75) is 53.1 Å². The maximum Gasteiger partial charge on any atom is 0.410 e. The molecule has 1 rings (SSSR count). The van der Waals surface area contributed by atoms with Crippen LogP contribution in [0.1, 0.15) is 47.5 Å². The molecular formula is C19H39IN4O4S. The van der Waals surface area contributed by atoms with Gasteiger partial charge in [-0.2, -0.15) is 0 Å². The Kier molecular flexibility index (Phi) is 12.5. The van der Waals surface area contributed by atoms with E-state index in [2.05, 4.69) is 15.2 Å². The van der Waals surface area contributed by atoms with E-state index in [-0.39, 0.29) is 41.6 Å². The van der Waals surface area contributed by atoms with Crippen molar-refractivity contribution in [3.05, 3.63) is 0 Å². The molecule has 0 aromatic rings. The Morgan fingerprint density at radius 2 is 1.83 bits per heavy atom. The number of halogens is 1. The molecule has 172 valence electrons. The molecule has 0 aromatic heterocycles. The number of carbonyl (C=O) groups excluding carboxylic acids is 1. The minimum Gasteiger partial charge on any atom is -0.444 e. The van der Waals surface area contributed by atoms with Gasteiger partial charge in [0, 0.05) is 45.5 Å². The number of nitrogens with zero attached hydrogens (tertiary/aromatic N) is 3. The van der Waals surface area contributed by atoms with Gasteiger partial charge >= 0.3 is 6.09 Å². The second-order valence-corrected chi connectivity index (χ2v) is 10.6. The van der Waals surface area contributed by atoms with E-state index in [4.69, 9.17) is 4.74 Å². The van der Waals surface area contributed by atoms with Crippen LogP contribution in [-0.4, -0.2) is 87.1 Å². The number of guanidine groups is 1. The standard InChI is InChI=1S/C19H38N4O4S.HI/c1-7-22(18(24)27-19(3,4)5)15-16-9-12-23(13-10-16)17(20-6)21-11-14-28(25,26)8-2;/h16H,7-15H2,1-6H3,(H,20,21);1H. The molecule has 0 unspecified atom stereocenters. The van der Waals surface area contributed by atoms with Gasteiger partial charge in [0.2, 0.25) is 0 Å². The topological polar surface area (TPSA) is 91.3 Å². The Morgan fingerprint density at radius 3 is 2.28 bits per heavy atom. The number of nitrogens with one attached hydrogen (secondary N) is 1. The SMILES string of the molecule is CCN(CC1CCN(C(=NC)NCCS(=O)(=O)CC)CC1)C(=O)OC(C)(C)C.I. The Hall–Kier alpha value is -0.780. The predicted molar refractivity (Wildman–Crippen MR) is 129 cm³/mol. The second-order valence-electron chi connectivity index (χ2n) is 8.16. The molecule has 0 aromatic carbocycles. The molecule has 1 amide bonds. The van der Waals surface area contributed by atoms with Crippen molar-refractivity contribution < 1.29 is 17.9 Å². The average Bonchev–Trinajstić information content (AvgIpc) is 2.62. The molecule has 0 radical (unpaired) electrons. The van der Waals surface area contributed by atoms with Gasteiger partial charge in [0.25, 0.3) is 0 Å². The Balaban J connectivity index is 0.00000784. The molecule has 0 spiro atoms. The van der Waals surface area contributed by atoms with Crippen molar-refractivity contribution in [2.75, 3.05) is 51.3 Å². The highest BCUT2D eigenvalue weighted by Gasteiger charge is 2.27. The van der Waals surface area contributed by atoms with E-state index in [0.29, 0.717) is 25.6 Å². The van der Waals surface area contributed by atoms with Crippen LogP contribution in [0.4, 0.5) is 4.79 Å². The van der Waals surface area contributed by atoms with Gasteiger partial charge in [-0.15, -0.1) is 24.0 Å². The summed E-state index contributed by atoms with van der Waals surface area (Å²) in [5, 5.41) is 3.15. The largest absolute Gasteiger partial charge is 0.444 e. The first kappa shape index (κ1) is 28.2. The van der Waals surface area contributed by atoms with Crippen LogP contribution < -0.4 is 5.32 Å². The zero-order valence-corrected chi connectivity index (χ0v) is 21.9. The summed E-state index contributed by atoms with van der Waals surface area (Å²) >= 11 is 0. The molecule has 1 aliphatic heterocycles. The molecule has 1 N–H and O–H groups in total. The van der Waals surface area contributed by atoms with Gasteiger partial charge in [0.15, 0.2) is 15.8 Å². The van der Waals surface area contributed by atoms with Crippen molar-refractivity contribution in [1.82, 2.24) is 15.1 Å². The number of aliphatic imine (C=N–C) groups is 1. The predicted octanol–water partition coefficient (Wildman–Crippen LogP) is 2.58. The number of ether oxygens (including phenoxy) is 1. The van der Waals surface area contributed by atoms with E-state index in [9.17, 15) is 13.2 Å². The molecule has 0 aliphatic carbocycles. The lowest BCUT2D eigenvalue weighted by atomic mass is 9.96. The van der Waals surface area contributed by atoms with E-state index < -0.39 is 15.4 Å². The number of likely N-dealkylation sites (tertiary alicyclic amines) is 1. The third-order valence-electron chi connectivity index (χ3n) is 4.77. The third-order valence-corrected chi connectivity index (χ3v) is 6.48. The van der Waals surface area contributed by atoms with Gasteiger partial charge in [-0.25, -0.2) is 13.2 Å². The van der Waals surface area contributed by atoms with Crippen molar-refractivity contribution >= 4 is 45.9 Å². The highest BCUT2D eigenvalue weighted by atomic mass is 127. The van der Waals surface area contributed by atoms with Crippen LogP contribution in [0.25, 0.3) is 0 Å². The number of hydrogen-bond donors (Lipinski definition) is 1. The summed E-state index contributed by atoms with van der Waals surface area (Å²) in [6.07, 6.45) is 1.65. The van der Waals surface area contributed by atoms with Gasteiger partial charge in [-0.1, -0.05) is 6.92 Å². The highest BCUT2D eigenvalue weighted by molar-refractivity contribution is 14.0. The van der Waals surface area contributed by atoms with Gasteiger partial charge in [-0.05, 0) is 46.5 Å². The quantitative estimate of drug-likeness (QED) is 0.300. The highest BCUT2D eigenvalue weighted by Crippen LogP contribution is 2.20. The molecule has 0 atom stereocenters. The number of rotatable bonds is 7. The smallest absolute Gasteiger partial charge is 0.410 e. The molecule has 29 heavy (non-hydrogen) atoms. The van der Waals surface area contributed by atoms with Crippen LogP contribution in [-0.2, 0) is 14.6 Å². The number of sulfone groups is 1. The molecule has 10 heteroatoms. The summed E-state index contributed by atoms with van der Waals surface area (Å²) < 4.78 is 28.7. The average molecular weight is 547 g/mol. The third kappa shape index (κ3) is 10.7. The first-order valence-electron chi connectivity index (χ1n) is 10.1. The van der Waals surface area contributed by atoms with E-state index in [1.807, 2.05) is 27.7 Å². The van der Waals surface area contributed by atoms with E-state index in [1.54, 1.807) is 18.9 Å². The van der Waals surface area contributed by atoms with Gasteiger partial charge in [0.05, 0.1) is 5.75 Å². The summed E-state index contributed by atoms with van der Waals surface area (Å²) in [5.41, 5.74) is -0.489. The van der Waals surface area contributed by atoms with Crippen molar-refractivity contribution in [3.63, 3.8) is 0 Å². The van der Waals surface area contributed by atoms with Crippen molar-refractivity contribution in [3.8, 4) is 0 Å². The first-order chi connectivity index (χ1) is 13.0. The first-order valence-corrected chi connectivity index (χ1v) is 12.0. The van der Waals surface area contributed by atoms with Gasteiger partial charge in [0.1, 0.15) is 5.60 Å². The Labute approximate surface area is 193 Å². The van der Waals surface area contributed by atoms with Crippen LogP contribution in [0.5, 0.6) is 0 Å². The Bertz CT molecular complexity index is 627. The van der Waals surface area contributed by atoms with Crippen molar-refractivity contribution in [2.24, 2.45) is 10.9 Å². The number of amides is 1. The summed E-state index contributed by atoms with van der Waals surface area (Å²) in [4.78, 5) is 20.5. The van der Waals surface area contributed by atoms with Crippen LogP contribution in [0.15, 0.2) is 4.99 Å². The zero-order valence-electron chi connectivity index (χ0n) is 18.7. The fourth-order valence-electron chi connectivity index (χ4n) is 3.09. The lowest BCUT2D eigenvalue weighted by Gasteiger charge is -2.36. The van der Waals surface area contributed by atoms with E-state index in [0.717, 1.165) is 31.9 Å². The van der Waals surface area contributed by atoms with Crippen LogP contribution >= 0.6 is 24.0 Å². The van der Waals surface area contributed by atoms with E-state index in [1.165, 1.54) is 0 Å². The molecule has 0 bridgehead atoms. The number of piperidine rings is 1. The molecule has 1 heterocycles. The molecule has 1 fully saturated rings. The molecule has 1 aliphatic rings. The minimum atomic E-state index is -2.99. The van der Waals surface area contributed by atoms with Crippen molar-refractivity contribution in [1.29, 1.82) is 0 Å². The fourth-order valence-corrected chi connectivity index (χ4v) is 3.79. The summed E-state index contributed by atoms with van der Waals surface area (Å²) in [7, 11) is -1.27. The molecule has 0 saturated carbocycles. The molecular weight excluding hydrogens is 507 g/mol. The monoisotopic (exact) mass is 546 g/mol. The van der Waals surface area contributed by atoms with Crippen LogP contribution in [0, 0.1) is 5.92 Å². The minimum absolute atomic E-state index is 0. The zero-order chi connectivity index (χ0) is 21.4. The number of hydrogen-bond acceptors (Lipinski definition) is 5. The maximum atomic E-state index is 12.3. The Morgan fingerprint density at radius 1 is 1.24 bits per heavy atom. The van der Waals surface area contributed by atoms with Crippen LogP contribution in [0.2, 0.25) is 0 Å². The fraction of sp³-hybridized carbons (Fsp3) is 0.895. The number of carbonyl (C=O) groups is 1. The molecule has 1 saturated heterocycles. The van der Waals surface area contributed by atoms with Crippen LogP contribution in [0.3, 0.4) is 0 Å². The maximum absolute atomic E-state index is 12.3. The normalized spacial score (nSPS) is 16.2. The summed E-state index contributed by atoms with van der Waals surface area (Å²) in [6, 6.07) is 0. The lowest BCUT2D eigenvalue weighted by Crippen LogP contribution is -2.48. The second kappa shape index (κ2) is 12.8. The lowest BCUT2D eigenvalue weighted by molar-refractivity contribution is 0.0214. The summed E-state index contributed by atoms with van der Waals surface area (Å²) in [5.74, 6) is 1.43. The van der Waals surface area contributed by atoms with Gasteiger partial charge in [-0.3, -0.25) is 4.99 Å². The van der Waals surface area contributed by atoms with Gasteiger partial charge < -0.3 is 19.9 Å².